The van der Waals surface area contributed by atoms with Crippen LogP contribution in [0.25, 0.3) is 0 Å². The van der Waals surface area contributed by atoms with Crippen LogP contribution in [0.5, 0.6) is 0 Å². The highest BCUT2D eigenvalue weighted by molar-refractivity contribution is 8.15. The standard InChI is InChI=1S/C17H13ClFN3O2S/c18-12-3-1-2-4-13(12)21-15(23)9-14-16(24)22-17(25-14)20-11-7-5-10(19)6-8-11/h1-8,14H,9H2,(H,21,23)(H,20,22,24)/t14-/m0/s1. The Morgan fingerprint density at radius 2 is 1.96 bits per heavy atom. The number of anilines is 1. The van der Waals surface area contributed by atoms with E-state index in [1.54, 1.807) is 24.3 Å². The van der Waals surface area contributed by atoms with Gasteiger partial charge in [-0.05, 0) is 36.4 Å². The van der Waals surface area contributed by atoms with Gasteiger partial charge in [0.1, 0.15) is 11.1 Å². The lowest BCUT2D eigenvalue weighted by Crippen LogP contribution is -2.28. The van der Waals surface area contributed by atoms with Crippen LogP contribution in [-0.4, -0.2) is 22.2 Å². The van der Waals surface area contributed by atoms with Gasteiger partial charge in [-0.15, -0.1) is 0 Å². The third kappa shape index (κ3) is 4.58. The van der Waals surface area contributed by atoms with Crippen molar-refractivity contribution in [3.63, 3.8) is 0 Å². The van der Waals surface area contributed by atoms with Crippen molar-refractivity contribution in [2.45, 2.75) is 11.7 Å². The molecule has 2 aromatic carbocycles. The van der Waals surface area contributed by atoms with Crippen LogP contribution in [0, 0.1) is 5.82 Å². The summed E-state index contributed by atoms with van der Waals surface area (Å²) in [6.45, 7) is 0. The maximum Gasteiger partial charge on any atom is 0.240 e. The average Bonchev–Trinajstić information content (AvgIpc) is 2.91. The molecule has 0 aliphatic carbocycles. The van der Waals surface area contributed by atoms with Crippen LogP contribution in [0.1, 0.15) is 6.42 Å². The van der Waals surface area contributed by atoms with Crippen molar-refractivity contribution in [3.8, 4) is 0 Å². The van der Waals surface area contributed by atoms with E-state index < -0.39 is 5.25 Å². The highest BCUT2D eigenvalue weighted by atomic mass is 35.5. The molecule has 0 bridgehead atoms. The Balaban J connectivity index is 1.62. The van der Waals surface area contributed by atoms with Crippen molar-refractivity contribution in [2.75, 3.05) is 5.32 Å². The minimum absolute atomic E-state index is 0.00976. The average molecular weight is 378 g/mol. The fourth-order valence-electron chi connectivity index (χ4n) is 2.16. The number of rotatable bonds is 4. The third-order valence-corrected chi connectivity index (χ3v) is 4.76. The molecule has 2 amide bonds. The molecule has 0 spiro atoms. The summed E-state index contributed by atoms with van der Waals surface area (Å²) in [5, 5.41) is 5.53. The number of thioether (sulfide) groups is 1. The van der Waals surface area contributed by atoms with Crippen molar-refractivity contribution in [3.05, 3.63) is 59.4 Å². The topological polar surface area (TPSA) is 70.6 Å². The molecule has 8 heteroatoms. The van der Waals surface area contributed by atoms with Gasteiger partial charge in [-0.3, -0.25) is 9.59 Å². The zero-order valence-corrected chi connectivity index (χ0v) is 14.4. The third-order valence-electron chi connectivity index (χ3n) is 3.35. The molecule has 0 radical (unpaired) electrons. The fourth-order valence-corrected chi connectivity index (χ4v) is 3.33. The number of benzene rings is 2. The summed E-state index contributed by atoms with van der Waals surface area (Å²) >= 11 is 7.16. The van der Waals surface area contributed by atoms with Gasteiger partial charge in [0.25, 0.3) is 0 Å². The molecule has 1 saturated heterocycles. The Morgan fingerprint density at radius 3 is 2.68 bits per heavy atom. The highest BCUT2D eigenvalue weighted by Gasteiger charge is 2.32. The summed E-state index contributed by atoms with van der Waals surface area (Å²) in [5.41, 5.74) is 1.02. The van der Waals surface area contributed by atoms with Crippen LogP contribution in [0.2, 0.25) is 5.02 Å². The Hall–Kier alpha value is -2.38. The van der Waals surface area contributed by atoms with Gasteiger partial charge in [0, 0.05) is 6.42 Å². The molecule has 2 N–H and O–H groups in total. The second-order valence-corrected chi connectivity index (χ2v) is 6.82. The molecular formula is C17H13ClFN3O2S. The smallest absolute Gasteiger partial charge is 0.240 e. The van der Waals surface area contributed by atoms with E-state index in [0.717, 1.165) is 11.8 Å². The van der Waals surface area contributed by atoms with Crippen LogP contribution in [-0.2, 0) is 9.59 Å². The molecule has 5 nitrogen and oxygen atoms in total. The maximum absolute atomic E-state index is 12.9. The van der Waals surface area contributed by atoms with Crippen LogP contribution in [0.4, 0.5) is 15.8 Å². The Labute approximate surface area is 152 Å². The van der Waals surface area contributed by atoms with E-state index in [1.807, 2.05) is 0 Å². The minimum atomic E-state index is -0.582. The molecule has 128 valence electrons. The van der Waals surface area contributed by atoms with Gasteiger partial charge in [0.2, 0.25) is 11.8 Å². The van der Waals surface area contributed by atoms with Crippen molar-refractivity contribution in [1.82, 2.24) is 5.32 Å². The summed E-state index contributed by atoms with van der Waals surface area (Å²) in [6, 6.07) is 12.5. The number of para-hydroxylation sites is 1. The Kier molecular flexibility index (Phi) is 5.35. The van der Waals surface area contributed by atoms with E-state index in [9.17, 15) is 14.0 Å². The first-order valence-corrected chi connectivity index (χ1v) is 8.63. The number of aliphatic imine (C=N–C) groups is 1. The van der Waals surface area contributed by atoms with Crippen LogP contribution in [0.15, 0.2) is 53.5 Å². The van der Waals surface area contributed by atoms with Crippen LogP contribution in [0.3, 0.4) is 0 Å². The molecule has 3 rings (SSSR count). The second-order valence-electron chi connectivity index (χ2n) is 5.22. The lowest BCUT2D eigenvalue weighted by molar-refractivity contribution is -0.122. The summed E-state index contributed by atoms with van der Waals surface area (Å²) in [7, 11) is 0. The highest BCUT2D eigenvalue weighted by Crippen LogP contribution is 2.26. The number of nitrogens with one attached hydrogen (secondary N) is 2. The first-order chi connectivity index (χ1) is 12.0. The first kappa shape index (κ1) is 17.4. The van der Waals surface area contributed by atoms with Crippen LogP contribution < -0.4 is 10.6 Å². The van der Waals surface area contributed by atoms with Crippen molar-refractivity contribution >= 4 is 51.7 Å². The van der Waals surface area contributed by atoms with Crippen molar-refractivity contribution in [2.24, 2.45) is 4.99 Å². The quantitative estimate of drug-likeness (QED) is 0.852. The fraction of sp³-hybridized carbons (Fsp3) is 0.118. The zero-order chi connectivity index (χ0) is 17.8. The number of hydrogen-bond donors (Lipinski definition) is 2. The number of amidine groups is 1. The largest absolute Gasteiger partial charge is 0.325 e. The maximum atomic E-state index is 12.9. The normalized spacial score (nSPS) is 18.2. The summed E-state index contributed by atoms with van der Waals surface area (Å²) in [4.78, 5) is 28.4. The molecule has 1 atom stereocenters. The van der Waals surface area contributed by atoms with E-state index in [-0.39, 0.29) is 24.1 Å². The molecule has 1 aliphatic heterocycles. The molecule has 0 unspecified atom stereocenters. The van der Waals surface area contributed by atoms with E-state index >= 15 is 0 Å². The van der Waals surface area contributed by atoms with Gasteiger partial charge in [-0.2, -0.15) is 0 Å². The zero-order valence-electron chi connectivity index (χ0n) is 12.8. The number of carbonyl (C=O) groups excluding carboxylic acids is 2. The summed E-state index contributed by atoms with van der Waals surface area (Å²) in [6.07, 6.45) is -0.00976. The molecule has 1 heterocycles. The van der Waals surface area contributed by atoms with E-state index in [0.29, 0.717) is 21.6 Å². The molecular weight excluding hydrogens is 365 g/mol. The minimum Gasteiger partial charge on any atom is -0.325 e. The molecule has 0 aromatic heterocycles. The number of amides is 2. The molecule has 1 fully saturated rings. The number of halogens is 2. The summed E-state index contributed by atoms with van der Waals surface area (Å²) in [5.74, 6) is -0.967. The lowest BCUT2D eigenvalue weighted by Gasteiger charge is -2.08. The van der Waals surface area contributed by atoms with E-state index in [4.69, 9.17) is 11.6 Å². The van der Waals surface area contributed by atoms with E-state index in [1.165, 1.54) is 24.3 Å². The van der Waals surface area contributed by atoms with Gasteiger partial charge in [0.15, 0.2) is 5.17 Å². The second kappa shape index (κ2) is 7.67. The molecule has 0 saturated carbocycles. The predicted molar refractivity (Wildman–Crippen MR) is 97.7 cm³/mol. The SMILES string of the molecule is O=C(C[C@@H]1SC(=Nc2ccc(F)cc2)NC1=O)Nc1ccccc1Cl. The molecule has 2 aromatic rings. The van der Waals surface area contributed by atoms with Crippen molar-refractivity contribution < 1.29 is 14.0 Å². The number of nitrogens with zero attached hydrogens (tertiary/aromatic N) is 1. The summed E-state index contributed by atoms with van der Waals surface area (Å²) < 4.78 is 12.9. The van der Waals surface area contributed by atoms with Gasteiger partial charge in [-0.25, -0.2) is 9.38 Å². The monoisotopic (exact) mass is 377 g/mol. The number of carbonyl (C=O) groups is 2. The Bertz CT molecular complexity index is 842. The van der Waals surface area contributed by atoms with E-state index in [2.05, 4.69) is 15.6 Å². The van der Waals surface area contributed by atoms with Gasteiger partial charge in [-0.1, -0.05) is 35.5 Å². The van der Waals surface area contributed by atoms with Gasteiger partial charge >= 0.3 is 0 Å². The molecule has 1 aliphatic rings. The van der Waals surface area contributed by atoms with Gasteiger partial charge in [0.05, 0.1) is 16.4 Å². The lowest BCUT2D eigenvalue weighted by atomic mass is 10.2. The first-order valence-electron chi connectivity index (χ1n) is 7.37. The number of hydrogen-bond acceptors (Lipinski definition) is 4. The van der Waals surface area contributed by atoms with Gasteiger partial charge < -0.3 is 10.6 Å². The Morgan fingerprint density at radius 1 is 1.24 bits per heavy atom. The van der Waals surface area contributed by atoms with Crippen molar-refractivity contribution in [1.29, 1.82) is 0 Å². The predicted octanol–water partition coefficient (Wildman–Crippen LogP) is 3.73. The van der Waals surface area contributed by atoms with Crippen LogP contribution >= 0.6 is 23.4 Å². The molecule has 25 heavy (non-hydrogen) atoms.